The predicted molar refractivity (Wildman–Crippen MR) is 101 cm³/mol. The number of fused-ring (bicyclic) bond motifs is 1. The van der Waals surface area contributed by atoms with Crippen molar-refractivity contribution in [3.8, 4) is 0 Å². The summed E-state index contributed by atoms with van der Waals surface area (Å²) in [4.78, 5) is 18.3. The van der Waals surface area contributed by atoms with Crippen molar-refractivity contribution < 1.29 is 31.7 Å². The van der Waals surface area contributed by atoms with Crippen molar-refractivity contribution in [3.05, 3.63) is 35.9 Å². The second-order valence-electron chi connectivity index (χ2n) is 7.13. The molecule has 0 unspecified atom stereocenters. The van der Waals surface area contributed by atoms with E-state index < -0.39 is 34.2 Å². The van der Waals surface area contributed by atoms with Crippen LogP contribution in [0.3, 0.4) is 0 Å². The van der Waals surface area contributed by atoms with Crippen LogP contribution in [0.25, 0.3) is 0 Å². The summed E-state index contributed by atoms with van der Waals surface area (Å²) in [6.07, 6.45) is 1.43. The molecule has 0 bridgehead atoms. The molecule has 0 saturated carbocycles. The third-order valence-corrected chi connectivity index (χ3v) is 5.67. The molecule has 9 heteroatoms. The first-order valence-electron chi connectivity index (χ1n) is 9.40. The Morgan fingerprint density at radius 2 is 2.07 bits per heavy atom. The van der Waals surface area contributed by atoms with Crippen LogP contribution >= 0.6 is 0 Å². The van der Waals surface area contributed by atoms with Crippen LogP contribution in [0.15, 0.2) is 30.3 Å². The van der Waals surface area contributed by atoms with E-state index in [0.717, 1.165) is 24.7 Å². The lowest BCUT2D eigenvalue weighted by Crippen LogP contribution is -2.42. The maximum absolute atomic E-state index is 12.4. The number of benzene rings is 1. The number of hydroxylamine groups is 2. The van der Waals surface area contributed by atoms with Crippen LogP contribution in [0.1, 0.15) is 24.8 Å². The molecule has 156 valence electrons. The highest BCUT2D eigenvalue weighted by Crippen LogP contribution is 2.38. The zero-order valence-electron chi connectivity index (χ0n) is 16.2. The summed E-state index contributed by atoms with van der Waals surface area (Å²) in [6, 6.07) is 9.56. The minimum Gasteiger partial charge on any atom is -0.469 e. The number of carbonyl (C=O) groups excluding carboxylic acids is 1. The van der Waals surface area contributed by atoms with Gasteiger partial charge in [-0.05, 0) is 18.4 Å². The second-order valence-corrected chi connectivity index (χ2v) is 8.74. The van der Waals surface area contributed by atoms with E-state index >= 15 is 0 Å². The monoisotopic (exact) mass is 413 g/mol. The van der Waals surface area contributed by atoms with Crippen molar-refractivity contribution >= 4 is 16.1 Å². The molecule has 2 aliphatic heterocycles. The van der Waals surface area contributed by atoms with Crippen LogP contribution in [0.5, 0.6) is 0 Å². The lowest BCUT2D eigenvalue weighted by molar-refractivity contribution is -0.176. The highest BCUT2D eigenvalue weighted by molar-refractivity contribution is 7.86. The van der Waals surface area contributed by atoms with Crippen LogP contribution < -0.4 is 0 Å². The fraction of sp³-hybridized carbons (Fsp3) is 0.632. The molecule has 4 atom stereocenters. The largest absolute Gasteiger partial charge is 0.469 e. The normalized spacial score (nSPS) is 26.1. The average Bonchev–Trinajstić information content (AvgIpc) is 3.24. The zero-order valence-corrected chi connectivity index (χ0v) is 17.0. The number of esters is 1. The fourth-order valence-corrected chi connectivity index (χ4v) is 4.53. The van der Waals surface area contributed by atoms with Crippen LogP contribution in [0.4, 0.5) is 0 Å². The Morgan fingerprint density at radius 1 is 1.32 bits per heavy atom. The molecule has 2 fully saturated rings. The molecule has 0 N–H and O–H groups in total. The third kappa shape index (κ3) is 5.30. The molecule has 3 rings (SSSR count). The van der Waals surface area contributed by atoms with E-state index in [2.05, 4.69) is 0 Å². The molecule has 2 saturated heterocycles. The molecule has 28 heavy (non-hydrogen) atoms. The molecule has 2 heterocycles. The Hall–Kier alpha value is -1.52. The summed E-state index contributed by atoms with van der Waals surface area (Å²) < 4.78 is 39.5. The minimum atomic E-state index is -3.74. The van der Waals surface area contributed by atoms with Gasteiger partial charge < -0.3 is 9.47 Å². The number of methoxy groups -OCH3 is 1. The number of nitrogens with zero attached hydrogens (tertiary/aromatic N) is 1. The van der Waals surface area contributed by atoms with Gasteiger partial charge in [0, 0.05) is 19.6 Å². The maximum atomic E-state index is 12.4. The molecule has 1 aromatic carbocycles. The van der Waals surface area contributed by atoms with Gasteiger partial charge in [-0.2, -0.15) is 13.5 Å². The number of hydrogen-bond donors (Lipinski definition) is 0. The molecule has 2 aliphatic rings. The summed E-state index contributed by atoms with van der Waals surface area (Å²) in [6.45, 7) is 1.38. The van der Waals surface area contributed by atoms with Gasteiger partial charge in [0.15, 0.2) is 0 Å². The van der Waals surface area contributed by atoms with Gasteiger partial charge in [-0.25, -0.2) is 0 Å². The summed E-state index contributed by atoms with van der Waals surface area (Å²) in [5.41, 5.74) is 1.02. The maximum Gasteiger partial charge on any atom is 0.313 e. The van der Waals surface area contributed by atoms with Crippen molar-refractivity contribution in [2.24, 2.45) is 5.92 Å². The quantitative estimate of drug-likeness (QED) is 0.342. The van der Waals surface area contributed by atoms with Crippen molar-refractivity contribution in [2.45, 2.75) is 44.1 Å². The van der Waals surface area contributed by atoms with Crippen molar-refractivity contribution in [3.63, 3.8) is 0 Å². The van der Waals surface area contributed by atoms with E-state index in [0.29, 0.717) is 13.2 Å². The van der Waals surface area contributed by atoms with E-state index in [-0.39, 0.29) is 19.1 Å². The number of carbonyl (C=O) groups is 1. The predicted octanol–water partition coefficient (Wildman–Crippen LogP) is 1.51. The SMILES string of the molecule is COC(=O)[C@H]1[C@H]([C@H](CCOCc2ccccc2)OS(C)(=O)=O)ON2CCC[C@@H]12. The molecule has 0 radical (unpaired) electrons. The topological polar surface area (TPSA) is 91.4 Å². The van der Waals surface area contributed by atoms with Gasteiger partial charge in [0.1, 0.15) is 18.1 Å². The molecule has 0 amide bonds. The second kappa shape index (κ2) is 9.32. The van der Waals surface area contributed by atoms with Crippen molar-refractivity contribution in [2.75, 3.05) is 26.5 Å². The lowest BCUT2D eigenvalue weighted by atomic mass is 9.89. The summed E-state index contributed by atoms with van der Waals surface area (Å²) in [7, 11) is -2.41. The van der Waals surface area contributed by atoms with Gasteiger partial charge in [-0.1, -0.05) is 30.3 Å². The molecule has 0 aliphatic carbocycles. The van der Waals surface area contributed by atoms with Crippen molar-refractivity contribution in [1.82, 2.24) is 5.06 Å². The molecule has 0 aromatic heterocycles. The molecule has 8 nitrogen and oxygen atoms in total. The van der Waals surface area contributed by atoms with Gasteiger partial charge in [-0.15, -0.1) is 0 Å². The number of ether oxygens (including phenoxy) is 2. The smallest absolute Gasteiger partial charge is 0.313 e. The first kappa shape index (κ1) is 21.2. The van der Waals surface area contributed by atoms with Gasteiger partial charge >= 0.3 is 5.97 Å². The molecule has 0 spiro atoms. The first-order valence-corrected chi connectivity index (χ1v) is 11.2. The van der Waals surface area contributed by atoms with E-state index in [1.807, 2.05) is 30.3 Å². The van der Waals surface area contributed by atoms with E-state index in [1.165, 1.54) is 7.11 Å². The van der Waals surface area contributed by atoms with Gasteiger partial charge in [0.25, 0.3) is 10.1 Å². The highest BCUT2D eigenvalue weighted by Gasteiger charge is 2.53. The summed E-state index contributed by atoms with van der Waals surface area (Å²) >= 11 is 0. The minimum absolute atomic E-state index is 0.117. The van der Waals surface area contributed by atoms with Crippen molar-refractivity contribution in [1.29, 1.82) is 0 Å². The Morgan fingerprint density at radius 3 is 2.75 bits per heavy atom. The Labute approximate surface area is 165 Å². The molecular formula is C19H27NO7S. The standard InChI is InChI=1S/C19H27NO7S/c1-24-19(21)17-15-9-6-11-20(15)26-18(17)16(27-28(2,22)23)10-12-25-13-14-7-4-3-5-8-14/h3-5,7-8,15-18H,6,9-13H2,1-2H3/t15-,16-,17+,18-/m0/s1. The molecular weight excluding hydrogens is 386 g/mol. The van der Waals surface area contributed by atoms with Gasteiger partial charge in [0.05, 0.1) is 26.0 Å². The number of rotatable bonds is 9. The first-order chi connectivity index (χ1) is 13.4. The Balaban J connectivity index is 1.67. The van der Waals surface area contributed by atoms with Gasteiger partial charge in [0.2, 0.25) is 0 Å². The average molecular weight is 413 g/mol. The zero-order chi connectivity index (χ0) is 20.1. The number of hydrogen-bond acceptors (Lipinski definition) is 8. The van der Waals surface area contributed by atoms with Crippen LogP contribution in [-0.4, -0.2) is 64.2 Å². The Kier molecular flexibility index (Phi) is 7.05. The van der Waals surface area contributed by atoms with Gasteiger partial charge in [-0.3, -0.25) is 13.8 Å². The van der Waals surface area contributed by atoms with Crippen LogP contribution in [0.2, 0.25) is 0 Å². The highest BCUT2D eigenvalue weighted by atomic mass is 32.2. The van der Waals surface area contributed by atoms with E-state index in [1.54, 1.807) is 5.06 Å². The molecule has 1 aromatic rings. The summed E-state index contributed by atoms with van der Waals surface area (Å²) in [5, 5.41) is 1.76. The summed E-state index contributed by atoms with van der Waals surface area (Å²) in [5.74, 6) is -1.000. The van der Waals surface area contributed by atoms with Crippen LogP contribution in [-0.2, 0) is 40.0 Å². The van der Waals surface area contributed by atoms with E-state index in [9.17, 15) is 13.2 Å². The Bertz CT molecular complexity index is 755. The van der Waals surface area contributed by atoms with Crippen LogP contribution in [0, 0.1) is 5.92 Å². The third-order valence-electron chi connectivity index (χ3n) is 5.07. The van der Waals surface area contributed by atoms with E-state index in [4.69, 9.17) is 18.5 Å². The lowest BCUT2D eigenvalue weighted by Gasteiger charge is -2.26. The fourth-order valence-electron chi connectivity index (χ4n) is 3.88.